The monoisotopic (exact) mass is 377 g/mol. The Labute approximate surface area is 122 Å². The van der Waals surface area contributed by atoms with E-state index in [9.17, 15) is 8.42 Å². The van der Waals surface area contributed by atoms with Crippen molar-refractivity contribution < 1.29 is 8.42 Å². The summed E-state index contributed by atoms with van der Waals surface area (Å²) in [5, 5.41) is 3.20. The van der Waals surface area contributed by atoms with Crippen LogP contribution in [0.4, 0.5) is 0 Å². The molecule has 1 atom stereocenters. The van der Waals surface area contributed by atoms with Gasteiger partial charge in [0.2, 0.25) is 0 Å². The van der Waals surface area contributed by atoms with Crippen molar-refractivity contribution in [1.29, 1.82) is 0 Å². The molecular weight excluding hydrogens is 353 g/mol. The van der Waals surface area contributed by atoms with Crippen LogP contribution in [0.5, 0.6) is 0 Å². The van der Waals surface area contributed by atoms with Gasteiger partial charge in [-0.15, -0.1) is 24.0 Å². The Morgan fingerprint density at radius 1 is 1.41 bits per heavy atom. The maximum absolute atomic E-state index is 11.0. The van der Waals surface area contributed by atoms with Crippen molar-refractivity contribution in [2.75, 3.05) is 32.6 Å². The van der Waals surface area contributed by atoms with Crippen LogP contribution in [0.1, 0.15) is 20.3 Å². The highest BCUT2D eigenvalue weighted by molar-refractivity contribution is 14.0. The quantitative estimate of drug-likeness (QED) is 0.440. The normalized spacial score (nSPS) is 13.8. The first-order valence-electron chi connectivity index (χ1n) is 5.42. The number of hydrogen-bond donors (Lipinski definition) is 1. The number of guanidine groups is 1. The summed E-state index contributed by atoms with van der Waals surface area (Å²) in [4.78, 5) is 6.18. The molecule has 0 heterocycles. The molecule has 17 heavy (non-hydrogen) atoms. The van der Waals surface area contributed by atoms with E-state index < -0.39 is 9.84 Å². The first-order valence-corrected chi connectivity index (χ1v) is 7.48. The summed E-state index contributed by atoms with van der Waals surface area (Å²) in [6.07, 6.45) is 1.85. The minimum atomic E-state index is -2.88. The minimum absolute atomic E-state index is 0. The van der Waals surface area contributed by atoms with Crippen LogP contribution in [0.2, 0.25) is 0 Å². The van der Waals surface area contributed by atoms with E-state index in [0.717, 1.165) is 5.96 Å². The third kappa shape index (κ3) is 10.8. The summed E-state index contributed by atoms with van der Waals surface area (Å²) in [5.41, 5.74) is 0. The lowest BCUT2D eigenvalue weighted by molar-refractivity contribution is 0.534. The Hall–Kier alpha value is -0.0500. The Kier molecular flexibility index (Phi) is 10.2. The molecule has 1 N–H and O–H groups in total. The number of halogens is 1. The molecule has 0 amide bonds. The largest absolute Gasteiger partial charge is 0.354 e. The van der Waals surface area contributed by atoms with Gasteiger partial charge in [-0.25, -0.2) is 8.42 Å². The first-order chi connectivity index (χ1) is 7.26. The second kappa shape index (κ2) is 8.96. The average molecular weight is 377 g/mol. The highest BCUT2D eigenvalue weighted by Crippen LogP contribution is 1.96. The van der Waals surface area contributed by atoms with E-state index in [1.165, 1.54) is 6.26 Å². The van der Waals surface area contributed by atoms with E-state index in [2.05, 4.69) is 10.3 Å². The van der Waals surface area contributed by atoms with E-state index >= 15 is 0 Å². The lowest BCUT2D eigenvalue weighted by Gasteiger charge is -2.21. The topological polar surface area (TPSA) is 61.8 Å². The molecule has 1 unspecified atom stereocenters. The molecule has 0 aliphatic rings. The fraction of sp³-hybridized carbons (Fsp3) is 0.900. The van der Waals surface area contributed by atoms with Crippen LogP contribution in [0.25, 0.3) is 0 Å². The van der Waals surface area contributed by atoms with Crippen molar-refractivity contribution in [2.24, 2.45) is 4.99 Å². The summed E-state index contributed by atoms with van der Waals surface area (Å²) < 4.78 is 22.0. The SMILES string of the molecule is CCN=C(NC(C)CCS(C)(=O)=O)N(C)C.I. The highest BCUT2D eigenvalue weighted by atomic mass is 127. The Morgan fingerprint density at radius 2 is 1.94 bits per heavy atom. The molecule has 0 aromatic heterocycles. The number of hydrogen-bond acceptors (Lipinski definition) is 3. The second-order valence-electron chi connectivity index (χ2n) is 4.16. The smallest absolute Gasteiger partial charge is 0.193 e. The zero-order valence-electron chi connectivity index (χ0n) is 11.2. The number of aliphatic imine (C=N–C) groups is 1. The van der Waals surface area contributed by atoms with Crippen molar-refractivity contribution >= 4 is 39.8 Å². The molecule has 0 spiro atoms. The molecule has 0 radical (unpaired) electrons. The molecule has 0 aromatic carbocycles. The second-order valence-corrected chi connectivity index (χ2v) is 6.42. The Morgan fingerprint density at radius 3 is 2.29 bits per heavy atom. The van der Waals surface area contributed by atoms with Crippen LogP contribution in [-0.2, 0) is 9.84 Å². The fourth-order valence-electron chi connectivity index (χ4n) is 1.15. The van der Waals surface area contributed by atoms with Crippen LogP contribution < -0.4 is 5.32 Å². The maximum Gasteiger partial charge on any atom is 0.193 e. The summed E-state index contributed by atoms with van der Waals surface area (Å²) in [6.45, 7) is 4.63. The lowest BCUT2D eigenvalue weighted by atomic mass is 10.3. The third-order valence-electron chi connectivity index (χ3n) is 2.03. The number of nitrogens with one attached hydrogen (secondary N) is 1. The molecular formula is C10H24IN3O2S. The van der Waals surface area contributed by atoms with Gasteiger partial charge in [0.25, 0.3) is 0 Å². The minimum Gasteiger partial charge on any atom is -0.354 e. The average Bonchev–Trinajstić information content (AvgIpc) is 2.13. The van der Waals surface area contributed by atoms with Gasteiger partial charge in [0.05, 0.1) is 5.75 Å². The lowest BCUT2D eigenvalue weighted by Crippen LogP contribution is -2.42. The maximum atomic E-state index is 11.0. The standard InChI is InChI=1S/C10H23N3O2S.HI/c1-6-11-10(13(3)4)12-9(2)7-8-16(5,14)15;/h9H,6-8H2,1-5H3,(H,11,12);1H. The molecule has 0 fully saturated rings. The molecule has 0 aliphatic carbocycles. The van der Waals surface area contributed by atoms with Gasteiger partial charge in [-0.2, -0.15) is 0 Å². The molecule has 0 saturated carbocycles. The fourth-order valence-corrected chi connectivity index (χ4v) is 1.93. The number of sulfone groups is 1. The molecule has 7 heteroatoms. The van der Waals surface area contributed by atoms with Gasteiger partial charge in [-0.3, -0.25) is 4.99 Å². The van der Waals surface area contributed by atoms with Crippen LogP contribution in [0, 0.1) is 0 Å². The van der Waals surface area contributed by atoms with Crippen molar-refractivity contribution in [3.05, 3.63) is 0 Å². The number of rotatable bonds is 5. The molecule has 0 saturated heterocycles. The van der Waals surface area contributed by atoms with Crippen molar-refractivity contribution in [2.45, 2.75) is 26.3 Å². The molecule has 0 rings (SSSR count). The zero-order valence-corrected chi connectivity index (χ0v) is 14.4. The van der Waals surface area contributed by atoms with Crippen molar-refractivity contribution in [3.8, 4) is 0 Å². The summed E-state index contributed by atoms with van der Waals surface area (Å²) in [7, 11) is 0.934. The van der Waals surface area contributed by atoms with E-state index in [1.807, 2.05) is 32.8 Å². The molecule has 104 valence electrons. The van der Waals surface area contributed by atoms with E-state index in [1.54, 1.807) is 0 Å². The summed E-state index contributed by atoms with van der Waals surface area (Å²) in [5.74, 6) is 0.997. The van der Waals surface area contributed by atoms with Gasteiger partial charge in [0.1, 0.15) is 9.84 Å². The van der Waals surface area contributed by atoms with Gasteiger partial charge in [0.15, 0.2) is 5.96 Å². The van der Waals surface area contributed by atoms with Gasteiger partial charge in [-0.1, -0.05) is 0 Å². The zero-order chi connectivity index (χ0) is 12.8. The Bertz CT molecular complexity index is 328. The van der Waals surface area contributed by atoms with E-state index in [0.29, 0.717) is 13.0 Å². The van der Waals surface area contributed by atoms with Gasteiger partial charge in [0, 0.05) is 32.9 Å². The Balaban J connectivity index is 0. The molecule has 5 nitrogen and oxygen atoms in total. The highest BCUT2D eigenvalue weighted by Gasteiger charge is 2.10. The van der Waals surface area contributed by atoms with Crippen LogP contribution >= 0.6 is 24.0 Å². The predicted octanol–water partition coefficient (Wildman–Crippen LogP) is 0.955. The van der Waals surface area contributed by atoms with Gasteiger partial charge < -0.3 is 10.2 Å². The first kappa shape index (κ1) is 19.3. The molecule has 0 aliphatic heterocycles. The van der Waals surface area contributed by atoms with Crippen molar-refractivity contribution in [1.82, 2.24) is 10.2 Å². The van der Waals surface area contributed by atoms with E-state index in [4.69, 9.17) is 0 Å². The third-order valence-corrected chi connectivity index (χ3v) is 3.01. The predicted molar refractivity (Wildman–Crippen MR) is 84.0 cm³/mol. The van der Waals surface area contributed by atoms with Crippen molar-refractivity contribution in [3.63, 3.8) is 0 Å². The summed E-state index contributed by atoms with van der Waals surface area (Å²) in [6, 6.07) is 0.0995. The molecule has 0 aromatic rings. The van der Waals surface area contributed by atoms with Crippen LogP contribution in [-0.4, -0.2) is 58.0 Å². The number of nitrogens with zero attached hydrogens (tertiary/aromatic N) is 2. The molecule has 0 bridgehead atoms. The van der Waals surface area contributed by atoms with Crippen LogP contribution in [0.3, 0.4) is 0 Å². The summed E-state index contributed by atoms with van der Waals surface area (Å²) >= 11 is 0. The van der Waals surface area contributed by atoms with E-state index in [-0.39, 0.29) is 35.8 Å². The van der Waals surface area contributed by atoms with Crippen LogP contribution in [0.15, 0.2) is 4.99 Å². The van der Waals surface area contributed by atoms with Gasteiger partial charge >= 0.3 is 0 Å². The van der Waals surface area contributed by atoms with Gasteiger partial charge in [-0.05, 0) is 20.3 Å².